The molecule has 0 aliphatic heterocycles. The number of nitrogens with one attached hydrogen (secondary N) is 2. The fourth-order valence-electron chi connectivity index (χ4n) is 2.57. The highest BCUT2D eigenvalue weighted by atomic mass is 16.4. The van der Waals surface area contributed by atoms with Gasteiger partial charge in [-0.2, -0.15) is 0 Å². The highest BCUT2D eigenvalue weighted by molar-refractivity contribution is 6.06. The summed E-state index contributed by atoms with van der Waals surface area (Å²) >= 11 is 0. The van der Waals surface area contributed by atoms with Crippen molar-refractivity contribution in [2.75, 3.05) is 6.54 Å². The maximum absolute atomic E-state index is 12.6. The number of nitrogens with two attached hydrogens (primary N) is 1. The summed E-state index contributed by atoms with van der Waals surface area (Å²) in [5.41, 5.74) is 4.88. The minimum Gasteiger partial charge on any atom is -0.409 e. The van der Waals surface area contributed by atoms with E-state index >= 15 is 0 Å². The molecule has 0 radical (unpaired) electrons. The van der Waals surface area contributed by atoms with Gasteiger partial charge in [-0.25, -0.2) is 4.98 Å². The Morgan fingerprint density at radius 1 is 1.48 bits per heavy atom. The molecular formula is C14H25N5O2. The molecule has 118 valence electrons. The first-order chi connectivity index (χ1) is 10.1. The molecule has 1 heterocycles. The maximum atomic E-state index is 12.6. The van der Waals surface area contributed by atoms with E-state index in [2.05, 4.69) is 20.4 Å². The van der Waals surface area contributed by atoms with Crippen molar-refractivity contribution >= 4 is 11.7 Å². The first-order valence-corrected chi connectivity index (χ1v) is 7.35. The Morgan fingerprint density at radius 3 is 2.62 bits per heavy atom. The summed E-state index contributed by atoms with van der Waals surface area (Å²) in [4.78, 5) is 19.6. The van der Waals surface area contributed by atoms with Gasteiger partial charge in [0.15, 0.2) is 5.84 Å². The molecule has 0 saturated carbocycles. The zero-order valence-corrected chi connectivity index (χ0v) is 12.7. The third-order valence-corrected chi connectivity index (χ3v) is 3.59. The normalized spacial score (nSPS) is 12.4. The maximum Gasteiger partial charge on any atom is 0.233 e. The summed E-state index contributed by atoms with van der Waals surface area (Å²) in [6.07, 6.45) is 6.71. The van der Waals surface area contributed by atoms with Gasteiger partial charge in [-0.05, 0) is 12.8 Å². The van der Waals surface area contributed by atoms with Crippen molar-refractivity contribution in [2.24, 2.45) is 16.3 Å². The lowest BCUT2D eigenvalue weighted by molar-refractivity contribution is -0.128. The Balaban J connectivity index is 2.74. The van der Waals surface area contributed by atoms with Crippen molar-refractivity contribution in [3.63, 3.8) is 0 Å². The number of aromatic nitrogens is 2. The first-order valence-electron chi connectivity index (χ1n) is 7.35. The van der Waals surface area contributed by atoms with E-state index in [0.29, 0.717) is 25.8 Å². The van der Waals surface area contributed by atoms with Crippen LogP contribution >= 0.6 is 0 Å². The highest BCUT2D eigenvalue weighted by Gasteiger charge is 2.41. The predicted octanol–water partition coefficient (Wildman–Crippen LogP) is 1.40. The van der Waals surface area contributed by atoms with Gasteiger partial charge in [0, 0.05) is 25.4 Å². The number of imidazole rings is 1. The zero-order chi connectivity index (χ0) is 15.7. The molecular weight excluding hydrogens is 270 g/mol. The molecule has 1 amide bonds. The zero-order valence-electron chi connectivity index (χ0n) is 12.7. The van der Waals surface area contributed by atoms with Crippen molar-refractivity contribution in [3.05, 3.63) is 18.2 Å². The third-order valence-electron chi connectivity index (χ3n) is 3.59. The molecule has 0 saturated heterocycles. The quantitative estimate of drug-likeness (QED) is 0.238. The van der Waals surface area contributed by atoms with Crippen molar-refractivity contribution in [1.29, 1.82) is 0 Å². The Morgan fingerprint density at radius 2 is 2.14 bits per heavy atom. The number of aromatic amines is 1. The van der Waals surface area contributed by atoms with Crippen LogP contribution in [0.1, 0.15) is 45.4 Å². The number of H-pyrrole nitrogens is 1. The molecule has 1 rings (SSSR count). The number of carbonyl (C=O) groups excluding carboxylic acids is 1. The van der Waals surface area contributed by atoms with E-state index in [0.717, 1.165) is 18.7 Å². The van der Waals surface area contributed by atoms with Crippen LogP contribution in [0.15, 0.2) is 17.5 Å². The van der Waals surface area contributed by atoms with Crippen molar-refractivity contribution < 1.29 is 10.0 Å². The van der Waals surface area contributed by atoms with Crippen LogP contribution in [0.4, 0.5) is 0 Å². The van der Waals surface area contributed by atoms with Gasteiger partial charge in [-0.15, -0.1) is 0 Å². The van der Waals surface area contributed by atoms with Gasteiger partial charge in [0.05, 0.1) is 0 Å². The third kappa shape index (κ3) is 4.21. The standard InChI is InChI=1S/C14H25N5O2/c1-3-6-14(7-4-2,12(15)19-21)13(20)18-8-5-11-16-9-10-17-11/h9-10,21H,3-8H2,1-2H3,(H2,15,19)(H,16,17)(H,18,20). The SMILES string of the molecule is CCCC(CCC)(C(=O)NCCc1ncc[nH]1)/C(N)=N/O. The van der Waals surface area contributed by atoms with E-state index in [-0.39, 0.29) is 11.7 Å². The first kappa shape index (κ1) is 17.0. The highest BCUT2D eigenvalue weighted by Crippen LogP contribution is 2.30. The number of nitrogens with zero attached hydrogens (tertiary/aromatic N) is 2. The van der Waals surface area contributed by atoms with E-state index in [1.807, 2.05) is 13.8 Å². The van der Waals surface area contributed by atoms with E-state index < -0.39 is 5.41 Å². The van der Waals surface area contributed by atoms with Crippen LogP contribution in [0.2, 0.25) is 0 Å². The minimum atomic E-state index is -0.929. The molecule has 0 aromatic carbocycles. The summed E-state index contributed by atoms with van der Waals surface area (Å²) in [6, 6.07) is 0. The predicted molar refractivity (Wildman–Crippen MR) is 81.0 cm³/mol. The fraction of sp³-hybridized carbons (Fsp3) is 0.643. The molecule has 7 heteroatoms. The summed E-state index contributed by atoms with van der Waals surface area (Å²) in [6.45, 7) is 4.41. The fourth-order valence-corrected chi connectivity index (χ4v) is 2.57. The van der Waals surface area contributed by atoms with Crippen molar-refractivity contribution in [2.45, 2.75) is 46.0 Å². The van der Waals surface area contributed by atoms with Gasteiger partial charge >= 0.3 is 0 Å². The molecule has 0 atom stereocenters. The number of carbonyl (C=O) groups is 1. The minimum absolute atomic E-state index is 0.0123. The summed E-state index contributed by atoms with van der Waals surface area (Å²) < 4.78 is 0. The summed E-state index contributed by atoms with van der Waals surface area (Å²) in [5, 5.41) is 15.0. The second-order valence-corrected chi connectivity index (χ2v) is 5.11. The van der Waals surface area contributed by atoms with Gasteiger partial charge in [0.1, 0.15) is 11.2 Å². The number of oxime groups is 1. The van der Waals surface area contributed by atoms with Crippen LogP contribution in [0.5, 0.6) is 0 Å². The van der Waals surface area contributed by atoms with E-state index in [4.69, 9.17) is 10.9 Å². The Labute approximate surface area is 125 Å². The second kappa shape index (κ2) is 8.28. The molecule has 0 aliphatic carbocycles. The summed E-state index contributed by atoms with van der Waals surface area (Å²) in [5.74, 6) is 0.616. The van der Waals surface area contributed by atoms with Gasteiger partial charge in [-0.3, -0.25) is 4.79 Å². The van der Waals surface area contributed by atoms with Crippen molar-refractivity contribution in [3.8, 4) is 0 Å². The average Bonchev–Trinajstić information content (AvgIpc) is 2.99. The Bertz CT molecular complexity index is 450. The lowest BCUT2D eigenvalue weighted by Crippen LogP contribution is -2.50. The van der Waals surface area contributed by atoms with Crippen LogP contribution < -0.4 is 11.1 Å². The van der Waals surface area contributed by atoms with Crippen molar-refractivity contribution in [1.82, 2.24) is 15.3 Å². The molecule has 0 bridgehead atoms. The molecule has 1 aromatic heterocycles. The number of rotatable bonds is 9. The number of hydrogen-bond donors (Lipinski definition) is 4. The lowest BCUT2D eigenvalue weighted by Gasteiger charge is -2.30. The van der Waals surface area contributed by atoms with E-state index in [1.54, 1.807) is 12.4 Å². The van der Waals surface area contributed by atoms with Gasteiger partial charge in [0.25, 0.3) is 0 Å². The average molecular weight is 295 g/mol. The molecule has 7 nitrogen and oxygen atoms in total. The van der Waals surface area contributed by atoms with Gasteiger partial charge < -0.3 is 21.2 Å². The van der Waals surface area contributed by atoms with Crippen LogP contribution in [-0.4, -0.2) is 33.5 Å². The monoisotopic (exact) mass is 295 g/mol. The van der Waals surface area contributed by atoms with E-state index in [1.165, 1.54) is 0 Å². The van der Waals surface area contributed by atoms with Crippen LogP contribution in [-0.2, 0) is 11.2 Å². The Hall–Kier alpha value is -2.05. The van der Waals surface area contributed by atoms with Gasteiger partial charge in [0.2, 0.25) is 5.91 Å². The van der Waals surface area contributed by atoms with Crippen LogP contribution in [0, 0.1) is 5.41 Å². The largest absolute Gasteiger partial charge is 0.409 e. The second-order valence-electron chi connectivity index (χ2n) is 5.11. The number of amidine groups is 1. The molecule has 0 aliphatic rings. The Kier molecular flexibility index (Phi) is 6.71. The lowest BCUT2D eigenvalue weighted by atomic mass is 9.77. The molecule has 1 aromatic rings. The van der Waals surface area contributed by atoms with Gasteiger partial charge in [-0.1, -0.05) is 31.8 Å². The number of hydrogen-bond acceptors (Lipinski definition) is 4. The molecule has 0 fully saturated rings. The van der Waals surface area contributed by atoms with Crippen LogP contribution in [0.25, 0.3) is 0 Å². The summed E-state index contributed by atoms with van der Waals surface area (Å²) in [7, 11) is 0. The van der Waals surface area contributed by atoms with E-state index in [9.17, 15) is 4.79 Å². The smallest absolute Gasteiger partial charge is 0.233 e. The topological polar surface area (TPSA) is 116 Å². The molecule has 0 unspecified atom stereocenters. The molecule has 0 spiro atoms. The molecule has 21 heavy (non-hydrogen) atoms. The van der Waals surface area contributed by atoms with Crippen LogP contribution in [0.3, 0.4) is 0 Å². The molecule has 5 N–H and O–H groups in total. The number of amides is 1.